The third-order valence-electron chi connectivity index (χ3n) is 2.08. The normalized spacial score (nSPS) is 12.7. The first-order valence-electron chi connectivity index (χ1n) is 6.40. The Kier molecular flexibility index (Phi) is 7.39. The van der Waals surface area contributed by atoms with E-state index in [0.29, 0.717) is 19.6 Å². The van der Waals surface area contributed by atoms with E-state index in [0.717, 1.165) is 6.42 Å². The van der Waals surface area contributed by atoms with Crippen molar-refractivity contribution in [3.05, 3.63) is 0 Å². The molecule has 0 aliphatic heterocycles. The third kappa shape index (κ3) is 7.92. The summed E-state index contributed by atoms with van der Waals surface area (Å²) in [6.07, 6.45) is 0.753. The van der Waals surface area contributed by atoms with Crippen LogP contribution in [0.1, 0.15) is 47.5 Å². The largest absolute Gasteiger partial charge is 0.464 e. The summed E-state index contributed by atoms with van der Waals surface area (Å²) in [5.74, 6) is -0.410. The van der Waals surface area contributed by atoms with Gasteiger partial charge in [-0.3, -0.25) is 0 Å². The zero-order valence-electron chi connectivity index (χ0n) is 12.0. The minimum atomic E-state index is -0.623. The molecule has 1 unspecified atom stereocenters. The Labute approximate surface area is 109 Å². The van der Waals surface area contributed by atoms with Gasteiger partial charge in [0.15, 0.2) is 0 Å². The molecule has 0 aliphatic carbocycles. The zero-order chi connectivity index (χ0) is 14.2. The van der Waals surface area contributed by atoms with Crippen molar-refractivity contribution in [1.29, 1.82) is 0 Å². The van der Waals surface area contributed by atoms with Crippen LogP contribution in [0.3, 0.4) is 0 Å². The van der Waals surface area contributed by atoms with E-state index in [4.69, 9.17) is 9.47 Å². The monoisotopic (exact) mass is 259 g/mol. The van der Waals surface area contributed by atoms with Gasteiger partial charge in [0.1, 0.15) is 6.04 Å². The van der Waals surface area contributed by atoms with Gasteiger partial charge >= 0.3 is 12.1 Å². The molecule has 18 heavy (non-hydrogen) atoms. The lowest BCUT2D eigenvalue weighted by Crippen LogP contribution is -2.42. The van der Waals surface area contributed by atoms with Crippen LogP contribution in [0, 0.1) is 5.41 Å². The van der Waals surface area contributed by atoms with Crippen molar-refractivity contribution >= 4 is 12.1 Å². The van der Waals surface area contributed by atoms with Gasteiger partial charge in [-0.15, -0.1) is 0 Å². The molecule has 0 aromatic rings. The highest BCUT2D eigenvalue weighted by Crippen LogP contribution is 2.13. The van der Waals surface area contributed by atoms with Crippen molar-refractivity contribution < 1.29 is 19.1 Å². The topological polar surface area (TPSA) is 64.6 Å². The van der Waals surface area contributed by atoms with Crippen LogP contribution >= 0.6 is 0 Å². The van der Waals surface area contributed by atoms with Crippen LogP contribution in [0.2, 0.25) is 0 Å². The van der Waals surface area contributed by atoms with E-state index in [1.54, 1.807) is 6.92 Å². The molecule has 0 rings (SSSR count). The highest BCUT2D eigenvalue weighted by Gasteiger charge is 2.22. The summed E-state index contributed by atoms with van der Waals surface area (Å²) in [5, 5.41) is 2.54. The molecule has 0 spiro atoms. The van der Waals surface area contributed by atoms with Crippen LogP contribution in [0.25, 0.3) is 0 Å². The molecule has 0 aromatic carbocycles. The van der Waals surface area contributed by atoms with Gasteiger partial charge < -0.3 is 14.8 Å². The maximum atomic E-state index is 11.6. The summed E-state index contributed by atoms with van der Waals surface area (Å²) in [4.78, 5) is 23.1. The van der Waals surface area contributed by atoms with Gasteiger partial charge in [0.2, 0.25) is 0 Å². The second-order valence-corrected chi connectivity index (χ2v) is 5.37. The fourth-order valence-electron chi connectivity index (χ4n) is 1.25. The Morgan fingerprint density at radius 3 is 2.22 bits per heavy atom. The van der Waals surface area contributed by atoms with Gasteiger partial charge in [0.05, 0.1) is 13.2 Å². The number of hydrogen-bond donors (Lipinski definition) is 1. The van der Waals surface area contributed by atoms with Gasteiger partial charge in [-0.2, -0.15) is 0 Å². The average molecular weight is 259 g/mol. The van der Waals surface area contributed by atoms with Crippen LogP contribution in [-0.4, -0.2) is 31.3 Å². The van der Waals surface area contributed by atoms with E-state index in [-0.39, 0.29) is 5.41 Å². The molecule has 106 valence electrons. The fourth-order valence-corrected chi connectivity index (χ4v) is 1.25. The number of nitrogens with one attached hydrogen (secondary N) is 1. The third-order valence-corrected chi connectivity index (χ3v) is 2.08. The summed E-state index contributed by atoms with van der Waals surface area (Å²) < 4.78 is 9.95. The molecule has 5 nitrogen and oxygen atoms in total. The number of ether oxygens (including phenoxy) is 2. The summed E-state index contributed by atoms with van der Waals surface area (Å²) in [6, 6.07) is -0.623. The predicted octanol–water partition coefficient (Wildman–Crippen LogP) is 2.49. The van der Waals surface area contributed by atoms with Crippen LogP contribution < -0.4 is 5.32 Å². The van der Waals surface area contributed by atoms with Crippen molar-refractivity contribution in [2.45, 2.75) is 53.5 Å². The van der Waals surface area contributed by atoms with Crippen LogP contribution in [0.4, 0.5) is 4.79 Å². The Morgan fingerprint density at radius 1 is 1.17 bits per heavy atom. The quantitative estimate of drug-likeness (QED) is 0.744. The van der Waals surface area contributed by atoms with Crippen LogP contribution in [-0.2, 0) is 14.3 Å². The van der Waals surface area contributed by atoms with E-state index in [9.17, 15) is 9.59 Å². The summed E-state index contributed by atoms with van der Waals surface area (Å²) >= 11 is 0. The second-order valence-electron chi connectivity index (χ2n) is 5.37. The number of alkyl carbamates (subject to hydrolysis) is 1. The van der Waals surface area contributed by atoms with Crippen LogP contribution in [0.15, 0.2) is 0 Å². The molecule has 0 saturated carbocycles. The lowest BCUT2D eigenvalue weighted by atomic mass is 9.99. The molecule has 0 fully saturated rings. The Bertz CT molecular complexity index is 271. The number of rotatable bonds is 6. The molecule has 0 heterocycles. The average Bonchev–Trinajstić information content (AvgIpc) is 2.25. The van der Waals surface area contributed by atoms with Gasteiger partial charge in [-0.25, -0.2) is 9.59 Å². The van der Waals surface area contributed by atoms with Gasteiger partial charge in [-0.1, -0.05) is 34.1 Å². The lowest BCUT2D eigenvalue weighted by molar-refractivity contribution is -0.145. The molecule has 0 radical (unpaired) electrons. The number of amides is 1. The SMILES string of the molecule is CCCC(NC(=O)OCC(C)(C)C)C(=O)OCC. The molecular weight excluding hydrogens is 234 g/mol. The summed E-state index contributed by atoms with van der Waals surface area (Å²) in [7, 11) is 0. The molecule has 1 atom stereocenters. The zero-order valence-corrected chi connectivity index (χ0v) is 12.0. The van der Waals surface area contributed by atoms with E-state index in [2.05, 4.69) is 5.32 Å². The molecule has 0 aromatic heterocycles. The van der Waals surface area contributed by atoms with Crippen molar-refractivity contribution in [1.82, 2.24) is 5.32 Å². The summed E-state index contributed by atoms with van der Waals surface area (Å²) in [5.41, 5.74) is -0.0957. The smallest absolute Gasteiger partial charge is 0.407 e. The van der Waals surface area contributed by atoms with Crippen molar-refractivity contribution in [2.24, 2.45) is 5.41 Å². The highest BCUT2D eigenvalue weighted by atomic mass is 16.6. The van der Waals surface area contributed by atoms with E-state index < -0.39 is 18.1 Å². The molecule has 0 aliphatic rings. The lowest BCUT2D eigenvalue weighted by Gasteiger charge is -2.20. The van der Waals surface area contributed by atoms with E-state index in [1.807, 2.05) is 27.7 Å². The molecule has 1 N–H and O–H groups in total. The molecule has 5 heteroatoms. The van der Waals surface area contributed by atoms with Gasteiger partial charge in [-0.05, 0) is 18.8 Å². The first-order chi connectivity index (χ1) is 8.30. The van der Waals surface area contributed by atoms with Crippen molar-refractivity contribution in [3.63, 3.8) is 0 Å². The van der Waals surface area contributed by atoms with Gasteiger partial charge in [0.25, 0.3) is 0 Å². The Hall–Kier alpha value is -1.26. The Morgan fingerprint density at radius 2 is 1.78 bits per heavy atom. The van der Waals surface area contributed by atoms with Crippen molar-refractivity contribution in [2.75, 3.05) is 13.2 Å². The number of carbonyl (C=O) groups excluding carboxylic acids is 2. The van der Waals surface area contributed by atoms with Gasteiger partial charge in [0, 0.05) is 0 Å². The van der Waals surface area contributed by atoms with E-state index >= 15 is 0 Å². The first-order valence-corrected chi connectivity index (χ1v) is 6.40. The maximum Gasteiger partial charge on any atom is 0.407 e. The Balaban J connectivity index is 4.23. The predicted molar refractivity (Wildman–Crippen MR) is 69.3 cm³/mol. The minimum Gasteiger partial charge on any atom is -0.464 e. The van der Waals surface area contributed by atoms with Crippen LogP contribution in [0.5, 0.6) is 0 Å². The second kappa shape index (κ2) is 7.95. The molecule has 0 saturated heterocycles. The van der Waals surface area contributed by atoms with E-state index in [1.165, 1.54) is 0 Å². The number of esters is 1. The van der Waals surface area contributed by atoms with Crippen molar-refractivity contribution in [3.8, 4) is 0 Å². The molecular formula is C13H25NO4. The fraction of sp³-hybridized carbons (Fsp3) is 0.846. The molecule has 0 bridgehead atoms. The summed E-state index contributed by atoms with van der Waals surface area (Å²) in [6.45, 7) is 10.2. The number of carbonyl (C=O) groups is 2. The standard InChI is InChI=1S/C13H25NO4/c1-6-8-10(11(15)17-7-2)14-12(16)18-9-13(3,4)5/h10H,6-9H2,1-5H3,(H,14,16). The molecule has 1 amide bonds. The highest BCUT2D eigenvalue weighted by molar-refractivity contribution is 5.81. The maximum absolute atomic E-state index is 11.6. The number of hydrogen-bond acceptors (Lipinski definition) is 4. The first kappa shape index (κ1) is 16.7. The minimum absolute atomic E-state index is 0.0957.